The van der Waals surface area contributed by atoms with Gasteiger partial charge in [-0.25, -0.2) is 4.98 Å². The van der Waals surface area contributed by atoms with E-state index >= 15 is 0 Å². The van der Waals surface area contributed by atoms with Gasteiger partial charge >= 0.3 is 0 Å². The summed E-state index contributed by atoms with van der Waals surface area (Å²) in [6.45, 7) is 1.98. The Bertz CT molecular complexity index is 510. The van der Waals surface area contributed by atoms with Crippen molar-refractivity contribution in [1.29, 1.82) is 0 Å². The summed E-state index contributed by atoms with van der Waals surface area (Å²) in [4.78, 5) is 7.69. The molecule has 0 amide bonds. The Kier molecular flexibility index (Phi) is 2.57. The van der Waals surface area contributed by atoms with Crippen molar-refractivity contribution in [3.05, 3.63) is 35.7 Å². The molecule has 0 unspecified atom stereocenters. The molecule has 2 N–H and O–H groups in total. The minimum absolute atomic E-state index is 0.666. The molecule has 0 fully saturated rings. The zero-order chi connectivity index (χ0) is 11.7. The van der Waals surface area contributed by atoms with Gasteiger partial charge in [-0.2, -0.15) is 0 Å². The van der Waals surface area contributed by atoms with Gasteiger partial charge in [-0.15, -0.1) is 0 Å². The van der Waals surface area contributed by atoms with Gasteiger partial charge in [0.1, 0.15) is 0 Å². The van der Waals surface area contributed by atoms with E-state index in [0.29, 0.717) is 5.88 Å². The van der Waals surface area contributed by atoms with Crippen LogP contribution in [-0.2, 0) is 13.0 Å². The van der Waals surface area contributed by atoms with Crippen molar-refractivity contribution in [3.63, 3.8) is 0 Å². The average Bonchev–Trinajstić information content (AvgIpc) is 2.82. The second-order valence-electron chi connectivity index (χ2n) is 4.17. The fourth-order valence-electron chi connectivity index (χ4n) is 2.26. The van der Waals surface area contributed by atoms with Crippen LogP contribution in [-0.4, -0.2) is 23.6 Å². The largest absolute Gasteiger partial charge is 0.481 e. The third-order valence-electron chi connectivity index (χ3n) is 3.11. The lowest BCUT2D eigenvalue weighted by atomic mass is 10.1. The molecule has 0 aliphatic carbocycles. The highest BCUT2D eigenvalue weighted by molar-refractivity contribution is 5.66. The molecule has 1 aliphatic heterocycles. The van der Waals surface area contributed by atoms with Crippen LogP contribution in [0.2, 0.25) is 0 Å². The first-order valence-corrected chi connectivity index (χ1v) is 5.79. The molecule has 3 rings (SSSR count). The number of nitrogens with zero attached hydrogens (tertiary/aromatic N) is 1. The van der Waals surface area contributed by atoms with Gasteiger partial charge in [-0.3, -0.25) is 0 Å². The lowest BCUT2D eigenvalue weighted by Gasteiger charge is -2.11. The Hall–Kier alpha value is -1.81. The molecule has 88 valence electrons. The molecule has 0 aromatic carbocycles. The second kappa shape index (κ2) is 4.22. The second-order valence-corrected chi connectivity index (χ2v) is 4.17. The Labute approximate surface area is 100 Å². The van der Waals surface area contributed by atoms with Crippen LogP contribution >= 0.6 is 0 Å². The van der Waals surface area contributed by atoms with Crippen molar-refractivity contribution in [2.45, 2.75) is 13.0 Å². The van der Waals surface area contributed by atoms with Crippen molar-refractivity contribution in [2.24, 2.45) is 0 Å². The van der Waals surface area contributed by atoms with Crippen molar-refractivity contribution in [1.82, 2.24) is 15.3 Å². The molecule has 17 heavy (non-hydrogen) atoms. The number of fused-ring (bicyclic) bond motifs is 1. The summed E-state index contributed by atoms with van der Waals surface area (Å²) in [6, 6.07) is 6.13. The first-order chi connectivity index (χ1) is 8.38. The van der Waals surface area contributed by atoms with Crippen molar-refractivity contribution < 1.29 is 4.74 Å². The highest BCUT2D eigenvalue weighted by atomic mass is 16.5. The maximum absolute atomic E-state index is 5.29. The summed E-state index contributed by atoms with van der Waals surface area (Å²) < 4.78 is 5.29. The van der Waals surface area contributed by atoms with E-state index in [-0.39, 0.29) is 0 Å². The Morgan fingerprint density at radius 3 is 3.18 bits per heavy atom. The Balaban J connectivity index is 2.06. The quantitative estimate of drug-likeness (QED) is 0.824. The highest BCUT2D eigenvalue weighted by Gasteiger charge is 2.15. The number of H-pyrrole nitrogens is 1. The summed E-state index contributed by atoms with van der Waals surface area (Å²) in [5.41, 5.74) is 4.77. The normalized spacial score (nSPS) is 14.4. The van der Waals surface area contributed by atoms with E-state index in [1.807, 2.05) is 12.1 Å². The van der Waals surface area contributed by atoms with Crippen LogP contribution in [0.1, 0.15) is 11.3 Å². The lowest BCUT2D eigenvalue weighted by molar-refractivity contribution is 0.399. The zero-order valence-corrected chi connectivity index (χ0v) is 9.79. The molecule has 0 spiro atoms. The maximum Gasteiger partial charge on any atom is 0.222 e. The van der Waals surface area contributed by atoms with Crippen LogP contribution in [0.15, 0.2) is 24.4 Å². The lowest BCUT2D eigenvalue weighted by Crippen LogP contribution is -2.22. The Morgan fingerprint density at radius 2 is 2.35 bits per heavy atom. The predicted octanol–water partition coefficient (Wildman–Crippen LogP) is 1.73. The van der Waals surface area contributed by atoms with E-state index in [1.165, 1.54) is 11.3 Å². The fraction of sp³-hybridized carbons (Fsp3) is 0.308. The number of nitrogens with one attached hydrogen (secondary N) is 2. The molecule has 0 bridgehead atoms. The SMILES string of the molecule is COc1ncccc1-c1cc2c([nH]1)CCNC2. The predicted molar refractivity (Wildman–Crippen MR) is 66.0 cm³/mol. The number of aromatic amines is 1. The minimum Gasteiger partial charge on any atom is -0.481 e. The molecule has 4 heteroatoms. The molecular formula is C13H15N3O. The first kappa shape index (κ1) is 10.4. The molecule has 0 atom stereocenters. The van der Waals surface area contributed by atoms with Crippen molar-refractivity contribution in [3.8, 4) is 17.1 Å². The number of methoxy groups -OCH3 is 1. The summed E-state index contributed by atoms with van der Waals surface area (Å²) in [7, 11) is 1.65. The topological polar surface area (TPSA) is 49.9 Å². The van der Waals surface area contributed by atoms with Gasteiger partial charge in [0.15, 0.2) is 0 Å². The molecular weight excluding hydrogens is 214 g/mol. The molecule has 1 aliphatic rings. The van der Waals surface area contributed by atoms with E-state index in [9.17, 15) is 0 Å². The summed E-state index contributed by atoms with van der Waals surface area (Å²) >= 11 is 0. The van der Waals surface area contributed by atoms with E-state index in [4.69, 9.17) is 4.74 Å². The van der Waals surface area contributed by atoms with E-state index in [2.05, 4.69) is 21.4 Å². The third kappa shape index (κ3) is 1.80. The average molecular weight is 229 g/mol. The van der Waals surface area contributed by atoms with Gasteiger partial charge in [0.05, 0.1) is 18.4 Å². The van der Waals surface area contributed by atoms with Crippen LogP contribution < -0.4 is 10.1 Å². The number of pyridine rings is 1. The zero-order valence-electron chi connectivity index (χ0n) is 9.79. The first-order valence-electron chi connectivity index (χ1n) is 5.79. The minimum atomic E-state index is 0.666. The number of ether oxygens (including phenoxy) is 1. The summed E-state index contributed by atoms with van der Waals surface area (Å²) in [5, 5.41) is 3.37. The molecule has 2 aromatic rings. The van der Waals surface area contributed by atoms with Gasteiger partial charge in [0.2, 0.25) is 5.88 Å². The third-order valence-corrected chi connectivity index (χ3v) is 3.11. The number of hydrogen-bond acceptors (Lipinski definition) is 3. The summed E-state index contributed by atoms with van der Waals surface area (Å²) in [6.07, 6.45) is 2.80. The van der Waals surface area contributed by atoms with Gasteiger partial charge < -0.3 is 15.0 Å². The van der Waals surface area contributed by atoms with E-state index < -0.39 is 0 Å². The van der Waals surface area contributed by atoms with E-state index in [1.54, 1.807) is 13.3 Å². The van der Waals surface area contributed by atoms with Crippen LogP contribution in [0.5, 0.6) is 5.88 Å². The number of aromatic nitrogens is 2. The highest BCUT2D eigenvalue weighted by Crippen LogP contribution is 2.29. The number of hydrogen-bond donors (Lipinski definition) is 2. The Morgan fingerprint density at radius 1 is 1.41 bits per heavy atom. The van der Waals surface area contributed by atoms with Gasteiger partial charge in [-0.05, 0) is 23.8 Å². The van der Waals surface area contributed by atoms with Gasteiger partial charge in [0, 0.05) is 31.4 Å². The fourth-order valence-corrected chi connectivity index (χ4v) is 2.26. The van der Waals surface area contributed by atoms with Crippen LogP contribution in [0.4, 0.5) is 0 Å². The molecule has 4 nitrogen and oxygen atoms in total. The maximum atomic E-state index is 5.29. The van der Waals surface area contributed by atoms with E-state index in [0.717, 1.165) is 30.8 Å². The molecule has 3 heterocycles. The summed E-state index contributed by atoms with van der Waals surface area (Å²) in [5.74, 6) is 0.666. The van der Waals surface area contributed by atoms with Crippen molar-refractivity contribution in [2.75, 3.05) is 13.7 Å². The molecule has 0 saturated heterocycles. The molecule has 2 aromatic heterocycles. The van der Waals surface area contributed by atoms with Crippen LogP contribution in [0.3, 0.4) is 0 Å². The standard InChI is InChI=1S/C13H15N3O/c1-17-13-10(3-2-5-15-13)12-7-9-8-14-6-4-11(9)16-12/h2-3,5,7,14,16H,4,6,8H2,1H3. The monoisotopic (exact) mass is 229 g/mol. The van der Waals surface area contributed by atoms with Gasteiger partial charge in [0.25, 0.3) is 0 Å². The van der Waals surface area contributed by atoms with Gasteiger partial charge in [-0.1, -0.05) is 0 Å². The van der Waals surface area contributed by atoms with Crippen molar-refractivity contribution >= 4 is 0 Å². The van der Waals surface area contributed by atoms with Crippen LogP contribution in [0, 0.1) is 0 Å². The number of rotatable bonds is 2. The smallest absolute Gasteiger partial charge is 0.222 e. The van der Waals surface area contributed by atoms with Crippen LogP contribution in [0.25, 0.3) is 11.3 Å². The molecule has 0 saturated carbocycles. The molecule has 0 radical (unpaired) electrons.